The molecule has 0 aromatic rings. The van der Waals surface area contributed by atoms with Crippen molar-refractivity contribution in [2.45, 2.75) is 38.6 Å². The average molecular weight is 317 g/mol. The predicted molar refractivity (Wildman–Crippen MR) is 78.0 cm³/mol. The van der Waals surface area contributed by atoms with Crippen molar-refractivity contribution in [3.05, 3.63) is 0 Å². The molecular formula is C13H23N3O4S. The van der Waals surface area contributed by atoms with Gasteiger partial charge in [0.25, 0.3) is 0 Å². The normalized spacial score (nSPS) is 24.7. The third-order valence-corrected chi connectivity index (χ3v) is 5.99. The molecule has 2 aliphatic heterocycles. The molecule has 0 spiro atoms. The van der Waals surface area contributed by atoms with Gasteiger partial charge in [-0.25, -0.2) is 12.7 Å². The number of carbonyl (C=O) groups is 2. The fraction of sp³-hybridized carbons (Fsp3) is 0.846. The molecule has 2 fully saturated rings. The Labute approximate surface area is 125 Å². The van der Waals surface area contributed by atoms with Gasteiger partial charge in [-0.3, -0.25) is 9.59 Å². The lowest BCUT2D eigenvalue weighted by molar-refractivity contribution is -0.134. The van der Waals surface area contributed by atoms with E-state index >= 15 is 0 Å². The van der Waals surface area contributed by atoms with Gasteiger partial charge in [-0.05, 0) is 19.3 Å². The minimum absolute atomic E-state index is 0.0874. The van der Waals surface area contributed by atoms with Gasteiger partial charge in [0.05, 0.1) is 5.75 Å². The zero-order valence-corrected chi connectivity index (χ0v) is 13.2. The number of carbonyl (C=O) groups excluding carboxylic acids is 2. The van der Waals surface area contributed by atoms with E-state index in [1.807, 2.05) is 6.92 Å². The Morgan fingerprint density at radius 2 is 2.05 bits per heavy atom. The molecule has 0 aliphatic carbocycles. The summed E-state index contributed by atoms with van der Waals surface area (Å²) in [4.78, 5) is 25.2. The van der Waals surface area contributed by atoms with E-state index in [1.54, 1.807) is 4.90 Å². The molecule has 120 valence electrons. The monoisotopic (exact) mass is 317 g/mol. The molecule has 2 amide bonds. The Balaban J connectivity index is 1.94. The summed E-state index contributed by atoms with van der Waals surface area (Å²) < 4.78 is 25.6. The number of hydrogen-bond donors (Lipinski definition) is 1. The molecule has 2 heterocycles. The van der Waals surface area contributed by atoms with Gasteiger partial charge >= 0.3 is 0 Å². The first kappa shape index (κ1) is 16.2. The number of sulfonamides is 1. The number of hydrogen-bond acceptors (Lipinski definition) is 4. The summed E-state index contributed by atoms with van der Waals surface area (Å²) in [5, 5.41) is 2.67. The van der Waals surface area contributed by atoms with Gasteiger partial charge < -0.3 is 10.2 Å². The molecule has 1 atom stereocenters. The SMILES string of the molecule is CCCS(=O)(=O)N1CCCN(C(=O)C2CCC(=O)N2)CC1. The van der Waals surface area contributed by atoms with E-state index in [-0.39, 0.29) is 17.6 Å². The Morgan fingerprint density at radius 3 is 2.67 bits per heavy atom. The highest BCUT2D eigenvalue weighted by atomic mass is 32.2. The van der Waals surface area contributed by atoms with Crippen LogP contribution in [0.15, 0.2) is 0 Å². The van der Waals surface area contributed by atoms with Gasteiger partial charge in [0.2, 0.25) is 21.8 Å². The first-order valence-electron chi connectivity index (χ1n) is 7.50. The topological polar surface area (TPSA) is 86.8 Å². The molecule has 2 aliphatic rings. The van der Waals surface area contributed by atoms with Gasteiger partial charge in [0.15, 0.2) is 0 Å². The Hall–Kier alpha value is -1.15. The molecule has 0 aromatic heterocycles. The van der Waals surface area contributed by atoms with Gasteiger partial charge in [-0.15, -0.1) is 0 Å². The van der Waals surface area contributed by atoms with E-state index in [2.05, 4.69) is 5.32 Å². The van der Waals surface area contributed by atoms with Crippen LogP contribution in [0.4, 0.5) is 0 Å². The highest BCUT2D eigenvalue weighted by Gasteiger charge is 2.32. The maximum absolute atomic E-state index is 12.3. The zero-order valence-electron chi connectivity index (χ0n) is 12.4. The maximum Gasteiger partial charge on any atom is 0.245 e. The average Bonchev–Trinajstić information content (AvgIpc) is 2.72. The fourth-order valence-electron chi connectivity index (χ4n) is 2.80. The Morgan fingerprint density at radius 1 is 1.29 bits per heavy atom. The van der Waals surface area contributed by atoms with Crippen molar-refractivity contribution in [2.75, 3.05) is 31.9 Å². The largest absolute Gasteiger partial charge is 0.344 e. The quantitative estimate of drug-likeness (QED) is 0.760. The fourth-order valence-corrected chi connectivity index (χ4v) is 4.34. The van der Waals surface area contributed by atoms with Crippen molar-refractivity contribution >= 4 is 21.8 Å². The summed E-state index contributed by atoms with van der Waals surface area (Å²) in [5.41, 5.74) is 0. The van der Waals surface area contributed by atoms with Crippen LogP contribution in [0, 0.1) is 0 Å². The standard InChI is InChI=1S/C13H23N3O4S/c1-2-10-21(19,20)16-7-3-6-15(8-9-16)13(18)11-4-5-12(17)14-11/h11H,2-10H2,1H3,(H,14,17). The second-order valence-corrected chi connectivity index (χ2v) is 7.64. The molecule has 1 unspecified atom stereocenters. The van der Waals surface area contributed by atoms with Crippen LogP contribution in [-0.4, -0.2) is 67.4 Å². The predicted octanol–water partition coefficient (Wildman–Crippen LogP) is -0.461. The summed E-state index contributed by atoms with van der Waals surface area (Å²) in [5.74, 6) is -0.0227. The minimum Gasteiger partial charge on any atom is -0.344 e. The lowest BCUT2D eigenvalue weighted by Gasteiger charge is -2.24. The van der Waals surface area contributed by atoms with Crippen molar-refractivity contribution in [3.63, 3.8) is 0 Å². The molecular weight excluding hydrogens is 294 g/mol. The third-order valence-electron chi connectivity index (χ3n) is 3.92. The Kier molecular flexibility index (Phi) is 5.21. The van der Waals surface area contributed by atoms with Gasteiger partial charge in [-0.1, -0.05) is 6.92 Å². The highest BCUT2D eigenvalue weighted by Crippen LogP contribution is 2.14. The summed E-state index contributed by atoms with van der Waals surface area (Å²) in [7, 11) is -3.21. The second-order valence-electron chi connectivity index (χ2n) is 5.55. The lowest BCUT2D eigenvalue weighted by atomic mass is 10.2. The molecule has 7 nitrogen and oxygen atoms in total. The van der Waals surface area contributed by atoms with Crippen molar-refractivity contribution in [1.82, 2.24) is 14.5 Å². The molecule has 0 aromatic carbocycles. The number of amides is 2. The molecule has 8 heteroatoms. The smallest absolute Gasteiger partial charge is 0.245 e. The molecule has 0 bridgehead atoms. The van der Waals surface area contributed by atoms with E-state index in [0.29, 0.717) is 51.9 Å². The van der Waals surface area contributed by atoms with Crippen molar-refractivity contribution in [1.29, 1.82) is 0 Å². The molecule has 2 saturated heterocycles. The van der Waals surface area contributed by atoms with Crippen LogP contribution < -0.4 is 5.32 Å². The number of rotatable bonds is 4. The number of nitrogens with zero attached hydrogens (tertiary/aromatic N) is 2. The van der Waals surface area contributed by atoms with Crippen LogP contribution in [-0.2, 0) is 19.6 Å². The highest BCUT2D eigenvalue weighted by molar-refractivity contribution is 7.89. The van der Waals surface area contributed by atoms with E-state index in [1.165, 1.54) is 4.31 Å². The van der Waals surface area contributed by atoms with E-state index < -0.39 is 16.1 Å². The minimum atomic E-state index is -3.21. The zero-order chi connectivity index (χ0) is 15.5. The molecule has 0 saturated carbocycles. The summed E-state index contributed by atoms with van der Waals surface area (Å²) in [6.45, 7) is 3.59. The van der Waals surface area contributed by atoms with Crippen LogP contribution in [0.5, 0.6) is 0 Å². The summed E-state index contributed by atoms with van der Waals surface area (Å²) >= 11 is 0. The van der Waals surface area contributed by atoms with Crippen LogP contribution in [0.25, 0.3) is 0 Å². The first-order valence-corrected chi connectivity index (χ1v) is 9.11. The van der Waals surface area contributed by atoms with E-state index in [4.69, 9.17) is 0 Å². The molecule has 0 radical (unpaired) electrons. The second kappa shape index (κ2) is 6.74. The molecule has 21 heavy (non-hydrogen) atoms. The lowest BCUT2D eigenvalue weighted by Crippen LogP contribution is -2.46. The first-order chi connectivity index (χ1) is 9.94. The van der Waals surface area contributed by atoms with E-state index in [0.717, 1.165) is 0 Å². The van der Waals surface area contributed by atoms with Gasteiger partial charge in [0, 0.05) is 32.6 Å². The van der Waals surface area contributed by atoms with Crippen molar-refractivity contribution < 1.29 is 18.0 Å². The molecule has 2 rings (SSSR count). The van der Waals surface area contributed by atoms with Gasteiger partial charge in [-0.2, -0.15) is 0 Å². The van der Waals surface area contributed by atoms with Crippen LogP contribution in [0.3, 0.4) is 0 Å². The summed E-state index contributed by atoms with van der Waals surface area (Å²) in [6, 6.07) is -0.434. The van der Waals surface area contributed by atoms with E-state index in [9.17, 15) is 18.0 Å². The summed E-state index contributed by atoms with van der Waals surface area (Å²) in [6.07, 6.45) is 2.15. The third kappa shape index (κ3) is 3.94. The van der Waals surface area contributed by atoms with Crippen LogP contribution in [0.1, 0.15) is 32.6 Å². The Bertz CT molecular complexity index is 506. The van der Waals surface area contributed by atoms with Gasteiger partial charge in [0.1, 0.15) is 6.04 Å². The van der Waals surface area contributed by atoms with Crippen LogP contribution >= 0.6 is 0 Å². The maximum atomic E-state index is 12.3. The van der Waals surface area contributed by atoms with Crippen molar-refractivity contribution in [3.8, 4) is 0 Å². The van der Waals surface area contributed by atoms with Crippen molar-refractivity contribution in [2.24, 2.45) is 0 Å². The molecule has 1 N–H and O–H groups in total. The van der Waals surface area contributed by atoms with Crippen LogP contribution in [0.2, 0.25) is 0 Å². The number of nitrogens with one attached hydrogen (secondary N) is 1.